The number of hydrogen-bond donors (Lipinski definition) is 1. The van der Waals surface area contributed by atoms with Gasteiger partial charge >= 0.3 is 0 Å². The molecule has 1 heterocycles. The van der Waals surface area contributed by atoms with Gasteiger partial charge in [0.1, 0.15) is 12.2 Å². The predicted molar refractivity (Wildman–Crippen MR) is 109 cm³/mol. The van der Waals surface area contributed by atoms with Crippen molar-refractivity contribution in [2.24, 2.45) is 0 Å². The molecular weight excluding hydrogens is 354 g/mol. The largest absolute Gasteiger partial charge is 0.338 e. The van der Waals surface area contributed by atoms with E-state index in [-0.39, 0.29) is 18.3 Å². The van der Waals surface area contributed by atoms with E-state index in [2.05, 4.69) is 10.5 Å². The fourth-order valence-electron chi connectivity index (χ4n) is 3.14. The molecule has 0 fully saturated rings. The standard InChI is InChI=1S/C22H23N3O3/c1-14-5-7-18(8-6-14)19-11-21(28-24-19)25(13-26)12-20(27)23-22-16(3)9-15(2)10-17(22)4/h5-11,13H,12H2,1-4H3,(H,23,27). The van der Waals surface area contributed by atoms with Crippen LogP contribution >= 0.6 is 0 Å². The second-order valence-corrected chi connectivity index (χ2v) is 6.97. The van der Waals surface area contributed by atoms with Crippen molar-refractivity contribution >= 4 is 23.9 Å². The van der Waals surface area contributed by atoms with E-state index < -0.39 is 0 Å². The van der Waals surface area contributed by atoms with Crippen molar-refractivity contribution in [1.82, 2.24) is 5.16 Å². The zero-order valence-corrected chi connectivity index (χ0v) is 16.4. The third-order valence-corrected chi connectivity index (χ3v) is 4.51. The first-order chi connectivity index (χ1) is 13.4. The molecule has 0 unspecified atom stereocenters. The summed E-state index contributed by atoms with van der Waals surface area (Å²) in [5, 5.41) is 6.89. The lowest BCUT2D eigenvalue weighted by molar-refractivity contribution is -0.116. The van der Waals surface area contributed by atoms with Gasteiger partial charge in [0, 0.05) is 17.3 Å². The molecule has 1 aromatic heterocycles. The van der Waals surface area contributed by atoms with E-state index in [1.165, 1.54) is 4.90 Å². The molecule has 6 heteroatoms. The molecule has 0 aliphatic heterocycles. The third-order valence-electron chi connectivity index (χ3n) is 4.51. The van der Waals surface area contributed by atoms with Gasteiger partial charge in [0.25, 0.3) is 0 Å². The summed E-state index contributed by atoms with van der Waals surface area (Å²) in [5.41, 5.74) is 6.47. The van der Waals surface area contributed by atoms with Gasteiger partial charge < -0.3 is 9.84 Å². The summed E-state index contributed by atoms with van der Waals surface area (Å²) < 4.78 is 5.28. The van der Waals surface area contributed by atoms with E-state index in [0.29, 0.717) is 12.1 Å². The van der Waals surface area contributed by atoms with Crippen molar-refractivity contribution in [3.63, 3.8) is 0 Å². The van der Waals surface area contributed by atoms with Crippen LogP contribution in [0.15, 0.2) is 47.0 Å². The second kappa shape index (κ2) is 8.08. The minimum absolute atomic E-state index is 0.168. The monoisotopic (exact) mass is 377 g/mol. The lowest BCUT2D eigenvalue weighted by atomic mass is 10.1. The van der Waals surface area contributed by atoms with Crippen LogP contribution in [0.1, 0.15) is 22.3 Å². The van der Waals surface area contributed by atoms with Gasteiger partial charge in [0.2, 0.25) is 18.2 Å². The first kappa shape index (κ1) is 19.4. The Labute approximate surface area is 164 Å². The van der Waals surface area contributed by atoms with Gasteiger partial charge in [-0.2, -0.15) is 0 Å². The molecule has 0 bridgehead atoms. The van der Waals surface area contributed by atoms with Gasteiger partial charge in [0.15, 0.2) is 0 Å². The molecular formula is C22H23N3O3. The quantitative estimate of drug-likeness (QED) is 0.654. The number of benzene rings is 2. The van der Waals surface area contributed by atoms with Crippen LogP contribution in [0.2, 0.25) is 0 Å². The molecule has 144 valence electrons. The van der Waals surface area contributed by atoms with E-state index in [1.807, 2.05) is 64.1 Å². The zero-order chi connectivity index (χ0) is 20.3. The maximum atomic E-state index is 12.5. The van der Waals surface area contributed by atoms with Crippen molar-refractivity contribution in [1.29, 1.82) is 0 Å². The van der Waals surface area contributed by atoms with Crippen LogP contribution in [0.5, 0.6) is 0 Å². The molecule has 3 aromatic rings. The number of anilines is 2. The Morgan fingerprint density at radius 3 is 2.29 bits per heavy atom. The van der Waals surface area contributed by atoms with Crippen LogP contribution in [0.25, 0.3) is 11.3 Å². The van der Waals surface area contributed by atoms with E-state index in [9.17, 15) is 9.59 Å². The van der Waals surface area contributed by atoms with Gasteiger partial charge in [-0.3, -0.25) is 14.5 Å². The van der Waals surface area contributed by atoms with Gasteiger partial charge in [-0.1, -0.05) is 52.7 Å². The molecule has 0 saturated carbocycles. The zero-order valence-electron chi connectivity index (χ0n) is 16.4. The van der Waals surface area contributed by atoms with Crippen molar-refractivity contribution in [2.45, 2.75) is 27.7 Å². The molecule has 0 atom stereocenters. The maximum absolute atomic E-state index is 12.5. The topological polar surface area (TPSA) is 75.4 Å². The van der Waals surface area contributed by atoms with E-state index in [1.54, 1.807) is 6.07 Å². The number of hydrogen-bond acceptors (Lipinski definition) is 4. The summed E-state index contributed by atoms with van der Waals surface area (Å²) in [7, 11) is 0. The van der Waals surface area contributed by atoms with Gasteiger partial charge in [-0.05, 0) is 38.8 Å². The van der Waals surface area contributed by atoms with Crippen molar-refractivity contribution in [3.05, 3.63) is 64.7 Å². The Morgan fingerprint density at radius 2 is 1.68 bits per heavy atom. The minimum atomic E-state index is -0.310. The fraction of sp³-hybridized carbons (Fsp3) is 0.227. The molecule has 2 amide bonds. The van der Waals surface area contributed by atoms with Crippen LogP contribution < -0.4 is 10.2 Å². The molecule has 0 spiro atoms. The normalized spacial score (nSPS) is 10.6. The number of carbonyl (C=O) groups excluding carboxylic acids is 2. The summed E-state index contributed by atoms with van der Waals surface area (Å²) in [5.74, 6) is -0.0893. The SMILES string of the molecule is Cc1ccc(-c2cc(N(C=O)CC(=O)Nc3c(C)cc(C)cc3C)on2)cc1. The Hall–Kier alpha value is -3.41. The predicted octanol–water partition coefficient (Wildman–Crippen LogP) is 4.18. The highest BCUT2D eigenvalue weighted by molar-refractivity contribution is 5.98. The van der Waals surface area contributed by atoms with Crippen molar-refractivity contribution in [3.8, 4) is 11.3 Å². The molecule has 2 aromatic carbocycles. The number of nitrogens with one attached hydrogen (secondary N) is 1. The maximum Gasteiger partial charge on any atom is 0.244 e. The van der Waals surface area contributed by atoms with Gasteiger partial charge in [0.05, 0.1) is 0 Å². The number of nitrogens with zero attached hydrogens (tertiary/aromatic N) is 2. The molecule has 0 radical (unpaired) electrons. The summed E-state index contributed by atoms with van der Waals surface area (Å²) in [6.45, 7) is 7.73. The van der Waals surface area contributed by atoms with Crippen LogP contribution in [-0.4, -0.2) is 24.0 Å². The van der Waals surface area contributed by atoms with E-state index >= 15 is 0 Å². The van der Waals surface area contributed by atoms with E-state index in [4.69, 9.17) is 4.52 Å². The van der Waals surface area contributed by atoms with Gasteiger partial charge in [-0.15, -0.1) is 0 Å². The highest BCUT2D eigenvalue weighted by atomic mass is 16.5. The Kier molecular flexibility index (Phi) is 5.59. The smallest absolute Gasteiger partial charge is 0.244 e. The number of carbonyl (C=O) groups is 2. The average Bonchev–Trinajstić information content (AvgIpc) is 3.13. The van der Waals surface area contributed by atoms with Gasteiger partial charge in [-0.25, -0.2) is 0 Å². The van der Waals surface area contributed by atoms with Crippen LogP contribution in [0, 0.1) is 27.7 Å². The fourth-order valence-corrected chi connectivity index (χ4v) is 3.14. The van der Waals surface area contributed by atoms with Crippen molar-refractivity contribution < 1.29 is 14.1 Å². The number of aryl methyl sites for hydroxylation is 4. The van der Waals surface area contributed by atoms with Crippen molar-refractivity contribution in [2.75, 3.05) is 16.8 Å². The molecule has 0 saturated heterocycles. The third kappa shape index (κ3) is 4.28. The van der Waals surface area contributed by atoms with Crippen LogP contribution in [0.3, 0.4) is 0 Å². The highest BCUT2D eigenvalue weighted by Gasteiger charge is 2.17. The Balaban J connectivity index is 1.73. The molecule has 0 aliphatic rings. The van der Waals surface area contributed by atoms with E-state index in [0.717, 1.165) is 33.5 Å². The molecule has 0 aliphatic carbocycles. The number of rotatable bonds is 6. The molecule has 3 rings (SSSR count). The Morgan fingerprint density at radius 1 is 1.04 bits per heavy atom. The summed E-state index contributed by atoms with van der Waals surface area (Å²) in [6.07, 6.45) is 0.563. The Bertz CT molecular complexity index is 983. The number of amides is 2. The number of aromatic nitrogens is 1. The average molecular weight is 377 g/mol. The molecule has 1 N–H and O–H groups in total. The lowest BCUT2D eigenvalue weighted by Crippen LogP contribution is -2.32. The highest BCUT2D eigenvalue weighted by Crippen LogP contribution is 2.25. The minimum Gasteiger partial charge on any atom is -0.338 e. The first-order valence-corrected chi connectivity index (χ1v) is 9.01. The van der Waals surface area contributed by atoms with Crippen LogP contribution in [-0.2, 0) is 9.59 Å². The molecule has 28 heavy (non-hydrogen) atoms. The summed E-state index contributed by atoms with van der Waals surface area (Å²) >= 11 is 0. The summed E-state index contributed by atoms with van der Waals surface area (Å²) in [4.78, 5) is 25.2. The first-order valence-electron chi connectivity index (χ1n) is 9.01. The summed E-state index contributed by atoms with van der Waals surface area (Å²) in [6, 6.07) is 13.5. The lowest BCUT2D eigenvalue weighted by Gasteiger charge is -2.16. The molecule has 6 nitrogen and oxygen atoms in total. The van der Waals surface area contributed by atoms with Crippen LogP contribution in [0.4, 0.5) is 11.6 Å². The second-order valence-electron chi connectivity index (χ2n) is 6.97.